The third kappa shape index (κ3) is 5.71. The first-order valence-electron chi connectivity index (χ1n) is 12.8. The van der Waals surface area contributed by atoms with Crippen LogP contribution in [0.25, 0.3) is 0 Å². The van der Waals surface area contributed by atoms with E-state index in [2.05, 4.69) is 73.8 Å². The van der Waals surface area contributed by atoms with Gasteiger partial charge in [0.1, 0.15) is 16.8 Å². The van der Waals surface area contributed by atoms with E-state index in [4.69, 9.17) is 13.6 Å². The molecule has 0 unspecified atom stereocenters. The lowest BCUT2D eigenvalue weighted by Crippen LogP contribution is -2.74. The Hall–Kier alpha value is -0.416. The van der Waals surface area contributed by atoms with Crippen LogP contribution < -0.4 is 0 Å². The molecule has 0 aromatic carbocycles. The van der Waals surface area contributed by atoms with E-state index < -0.39 is 39.4 Å². The van der Waals surface area contributed by atoms with Crippen molar-refractivity contribution in [2.24, 2.45) is 11.8 Å². The number of esters is 1. The summed E-state index contributed by atoms with van der Waals surface area (Å²) in [6, 6.07) is 0. The summed E-state index contributed by atoms with van der Waals surface area (Å²) in [4.78, 5) is 28.4. The molecule has 202 valence electrons. The highest BCUT2D eigenvalue weighted by Gasteiger charge is 2.69. The minimum atomic E-state index is -2.46. The zero-order valence-electron chi connectivity index (χ0n) is 24.7. The number of carbonyl (C=O) groups is 2. The van der Waals surface area contributed by atoms with E-state index in [-0.39, 0.29) is 27.7 Å². The lowest BCUT2D eigenvalue weighted by atomic mass is 9.58. The summed E-state index contributed by atoms with van der Waals surface area (Å²) >= 11 is 1.63. The van der Waals surface area contributed by atoms with Crippen molar-refractivity contribution in [3.05, 3.63) is 12.2 Å². The molecule has 0 heterocycles. The molecule has 0 aromatic rings. The number of thioether (sulfide) groups is 1. The van der Waals surface area contributed by atoms with Crippen LogP contribution >= 0.6 is 11.8 Å². The van der Waals surface area contributed by atoms with Crippen molar-refractivity contribution in [3.63, 3.8) is 0 Å². The predicted octanol–water partition coefficient (Wildman–Crippen LogP) is 6.99. The molecule has 35 heavy (non-hydrogen) atoms. The van der Waals surface area contributed by atoms with Crippen LogP contribution in [0.4, 0.5) is 0 Å². The van der Waals surface area contributed by atoms with Gasteiger partial charge in [-0.1, -0.05) is 47.6 Å². The summed E-state index contributed by atoms with van der Waals surface area (Å²) in [6.07, 6.45) is 6.48. The number of fused-ring (bicyclic) bond motifs is 2. The van der Waals surface area contributed by atoms with Gasteiger partial charge in [-0.3, -0.25) is 9.59 Å². The topological polar surface area (TPSA) is 61.8 Å². The molecule has 0 spiro atoms. The Balaban J connectivity index is 2.73. The highest BCUT2D eigenvalue weighted by molar-refractivity contribution is 7.98. The molecular weight excluding hydrogens is 493 g/mol. The first kappa shape index (κ1) is 30.8. The molecule has 0 radical (unpaired) electrons. The molecule has 0 N–H and O–H groups in total. The number of Topliss-reactive ketones (excluding diaryl/α,β-unsaturated/α-hetero) is 1. The van der Waals surface area contributed by atoms with Crippen molar-refractivity contribution < 1.29 is 23.2 Å². The Morgan fingerprint density at radius 3 is 1.89 bits per heavy atom. The first-order chi connectivity index (χ1) is 15.5. The smallest absolute Gasteiger partial charge is 0.313 e. The number of hydrogen-bond donors (Lipinski definition) is 0. The normalized spacial score (nSPS) is 30.1. The number of carbonyl (C=O) groups excluding carboxylic acids is 2. The maximum Gasteiger partial charge on any atom is 0.313 e. The van der Waals surface area contributed by atoms with E-state index in [9.17, 15) is 9.59 Å². The number of hydrogen-bond acceptors (Lipinski definition) is 6. The fourth-order valence-electron chi connectivity index (χ4n) is 4.48. The maximum absolute atomic E-state index is 14.8. The molecule has 5 nitrogen and oxygen atoms in total. The number of ether oxygens (including phenoxy) is 1. The average Bonchev–Trinajstić information content (AvgIpc) is 2.62. The minimum absolute atomic E-state index is 0.0584. The highest BCUT2D eigenvalue weighted by atomic mass is 32.2. The number of rotatable bonds is 7. The largest absolute Gasteiger partial charge is 0.460 e. The van der Waals surface area contributed by atoms with Gasteiger partial charge in [-0.15, -0.1) is 0 Å². The van der Waals surface area contributed by atoms with Crippen LogP contribution in [0.15, 0.2) is 12.2 Å². The predicted molar refractivity (Wildman–Crippen MR) is 152 cm³/mol. The van der Waals surface area contributed by atoms with Crippen LogP contribution in [-0.2, 0) is 23.2 Å². The zero-order chi connectivity index (χ0) is 27.5. The third-order valence-corrected chi connectivity index (χ3v) is 18.1. The fourth-order valence-corrected chi connectivity index (χ4v) is 8.40. The van der Waals surface area contributed by atoms with Crippen molar-refractivity contribution in [1.29, 1.82) is 0 Å². The van der Waals surface area contributed by atoms with Crippen LogP contribution in [-0.4, -0.2) is 57.2 Å². The molecule has 1 fully saturated rings. The second-order valence-electron chi connectivity index (χ2n) is 14.5. The van der Waals surface area contributed by atoms with Crippen molar-refractivity contribution in [2.45, 2.75) is 122 Å². The summed E-state index contributed by atoms with van der Waals surface area (Å²) < 4.78 is 19.9. The van der Waals surface area contributed by atoms with Crippen LogP contribution in [0.1, 0.15) is 68.7 Å². The summed E-state index contributed by atoms with van der Waals surface area (Å²) in [5, 5.41) is -0.192. The number of ketones is 1. The monoisotopic (exact) mass is 542 g/mol. The van der Waals surface area contributed by atoms with Crippen LogP contribution in [0.3, 0.4) is 0 Å². The van der Waals surface area contributed by atoms with Gasteiger partial charge in [0.2, 0.25) is 0 Å². The SMILES string of the molecule is CSC[C@@]1(O[Si](C)(C)C(C)(C)C)C(=O)[C@@]2(O[Si](C)(C)C(C)(C)C)C=C[C@@H]1C[C@@H]2C(=O)OC(C)(C)C. The van der Waals surface area contributed by atoms with Crippen LogP contribution in [0.5, 0.6) is 0 Å². The second-order valence-corrected chi connectivity index (χ2v) is 24.8. The standard InChI is InChI=1S/C27H50O5SSi2/c1-23(2,3)30-21(28)20-17-19-15-16-26(20,31-34(11,12)24(4,5)6)22(29)27(19,18-33-10)32-35(13,14)25(7,8)9/h15-16,19-20H,17-18H2,1-14H3/t19-,20-,26-,27+/m1/s1. The lowest BCUT2D eigenvalue weighted by Gasteiger charge is -2.59. The highest BCUT2D eigenvalue weighted by Crippen LogP contribution is 2.56. The van der Waals surface area contributed by atoms with E-state index in [0.717, 1.165) is 0 Å². The molecule has 0 aliphatic heterocycles. The summed E-state index contributed by atoms with van der Waals surface area (Å²) in [6.45, 7) is 27.3. The van der Waals surface area contributed by atoms with Gasteiger partial charge in [0.05, 0.1) is 5.92 Å². The van der Waals surface area contributed by atoms with Gasteiger partial charge in [0.15, 0.2) is 22.4 Å². The van der Waals surface area contributed by atoms with Crippen molar-refractivity contribution in [3.8, 4) is 0 Å². The van der Waals surface area contributed by atoms with Crippen molar-refractivity contribution in [1.82, 2.24) is 0 Å². The third-order valence-electron chi connectivity index (χ3n) is 8.45. The molecule has 0 saturated heterocycles. The Morgan fingerprint density at radius 2 is 1.46 bits per heavy atom. The van der Waals surface area contributed by atoms with E-state index in [1.165, 1.54) is 0 Å². The minimum Gasteiger partial charge on any atom is -0.460 e. The molecule has 2 bridgehead atoms. The van der Waals surface area contributed by atoms with Crippen LogP contribution in [0, 0.1) is 11.8 Å². The Morgan fingerprint density at radius 1 is 0.971 bits per heavy atom. The van der Waals surface area contributed by atoms with Gasteiger partial charge < -0.3 is 13.6 Å². The molecule has 8 heteroatoms. The average molecular weight is 543 g/mol. The molecule has 3 rings (SSSR count). The quantitative estimate of drug-likeness (QED) is 0.196. The molecule has 3 aliphatic rings. The van der Waals surface area contributed by atoms with Gasteiger partial charge in [-0.05, 0) is 75.8 Å². The fraction of sp³-hybridized carbons (Fsp3) is 0.852. The van der Waals surface area contributed by atoms with Gasteiger partial charge in [-0.2, -0.15) is 11.8 Å². The van der Waals surface area contributed by atoms with E-state index in [1.807, 2.05) is 33.1 Å². The van der Waals surface area contributed by atoms with Gasteiger partial charge in [0.25, 0.3) is 0 Å². The molecule has 4 atom stereocenters. The molecule has 3 aliphatic carbocycles. The van der Waals surface area contributed by atoms with E-state index >= 15 is 0 Å². The van der Waals surface area contributed by atoms with Gasteiger partial charge in [-0.25, -0.2) is 0 Å². The maximum atomic E-state index is 14.8. The molecule has 1 saturated carbocycles. The lowest BCUT2D eigenvalue weighted by molar-refractivity contribution is -0.186. The second kappa shape index (κ2) is 9.40. The first-order valence-corrected chi connectivity index (χ1v) is 20.0. The van der Waals surface area contributed by atoms with Gasteiger partial charge >= 0.3 is 5.97 Å². The molecule has 0 aromatic heterocycles. The zero-order valence-corrected chi connectivity index (χ0v) is 27.5. The Bertz CT molecular complexity index is 862. The Labute approximate surface area is 220 Å². The molecular formula is C27H50O5SSi2. The summed E-state index contributed by atoms with van der Waals surface area (Å²) in [5.41, 5.74) is -3.04. The Kier molecular flexibility index (Phi) is 8.27. The van der Waals surface area contributed by atoms with E-state index in [1.54, 1.807) is 11.8 Å². The van der Waals surface area contributed by atoms with Crippen molar-refractivity contribution in [2.75, 3.05) is 12.0 Å². The van der Waals surface area contributed by atoms with Crippen LogP contribution in [0.2, 0.25) is 36.3 Å². The van der Waals surface area contributed by atoms with E-state index in [0.29, 0.717) is 12.2 Å². The summed E-state index contributed by atoms with van der Waals surface area (Å²) in [7, 11) is -4.79. The van der Waals surface area contributed by atoms with Gasteiger partial charge in [0, 0.05) is 11.7 Å². The van der Waals surface area contributed by atoms with Crippen molar-refractivity contribution >= 4 is 40.1 Å². The molecule has 0 amide bonds. The summed E-state index contributed by atoms with van der Waals surface area (Å²) in [5.74, 6) is -0.792.